The monoisotopic (exact) mass is 236 g/mol. The molecule has 0 unspecified atom stereocenters. The van der Waals surface area contributed by atoms with E-state index in [0.717, 1.165) is 18.4 Å². The Hall–Kier alpha value is -0.920. The van der Waals surface area contributed by atoms with Gasteiger partial charge in [0.15, 0.2) is 0 Å². The van der Waals surface area contributed by atoms with E-state index in [2.05, 4.69) is 8.92 Å². The van der Waals surface area contributed by atoms with Crippen molar-refractivity contribution in [2.45, 2.75) is 4.90 Å². The zero-order chi connectivity index (χ0) is 10.8. The van der Waals surface area contributed by atoms with Crippen molar-refractivity contribution >= 4 is 27.4 Å². The molecular weight excluding hydrogens is 228 g/mol. The van der Waals surface area contributed by atoms with Gasteiger partial charge >= 0.3 is 5.97 Å². The maximum atomic E-state index is 11.3. The standard InChI is InChI=1S/C7H8O5S2/c1-11-7(8)6-5(3-4-13-6)14(9,10)12-2/h3-4H,1-2H3. The maximum Gasteiger partial charge on any atom is 0.349 e. The van der Waals surface area contributed by atoms with Crippen molar-refractivity contribution < 1.29 is 22.1 Å². The van der Waals surface area contributed by atoms with Crippen molar-refractivity contribution in [2.24, 2.45) is 0 Å². The number of carbonyl (C=O) groups excluding carboxylic acids is 1. The molecule has 0 bridgehead atoms. The summed E-state index contributed by atoms with van der Waals surface area (Å²) in [6, 6.07) is 1.30. The van der Waals surface area contributed by atoms with Crippen LogP contribution >= 0.6 is 11.3 Å². The molecule has 0 spiro atoms. The molecule has 1 heterocycles. The van der Waals surface area contributed by atoms with Crippen molar-refractivity contribution in [1.29, 1.82) is 0 Å². The maximum absolute atomic E-state index is 11.3. The second-order valence-electron chi connectivity index (χ2n) is 2.23. The summed E-state index contributed by atoms with van der Waals surface area (Å²) in [5.74, 6) is -0.685. The van der Waals surface area contributed by atoms with E-state index in [1.165, 1.54) is 18.6 Å². The molecule has 1 rings (SSSR count). The molecule has 14 heavy (non-hydrogen) atoms. The fourth-order valence-corrected chi connectivity index (χ4v) is 2.79. The highest BCUT2D eigenvalue weighted by Crippen LogP contribution is 2.23. The van der Waals surface area contributed by atoms with Crippen LogP contribution in [0.25, 0.3) is 0 Å². The zero-order valence-electron chi connectivity index (χ0n) is 7.51. The van der Waals surface area contributed by atoms with E-state index in [-0.39, 0.29) is 9.77 Å². The molecule has 7 heteroatoms. The summed E-state index contributed by atoms with van der Waals surface area (Å²) in [4.78, 5) is 11.0. The Morgan fingerprint density at radius 3 is 2.57 bits per heavy atom. The Kier molecular flexibility index (Phi) is 3.25. The van der Waals surface area contributed by atoms with Crippen LogP contribution in [0.15, 0.2) is 16.3 Å². The Bertz CT molecular complexity index is 431. The number of ether oxygens (including phenoxy) is 1. The number of esters is 1. The lowest BCUT2D eigenvalue weighted by atomic mass is 10.5. The van der Waals surface area contributed by atoms with E-state index in [0.29, 0.717) is 0 Å². The second-order valence-corrected chi connectivity index (χ2v) is 4.82. The van der Waals surface area contributed by atoms with Crippen molar-refractivity contribution in [3.05, 3.63) is 16.3 Å². The van der Waals surface area contributed by atoms with Gasteiger partial charge in [-0.2, -0.15) is 8.42 Å². The van der Waals surface area contributed by atoms with Gasteiger partial charge in [-0.1, -0.05) is 0 Å². The van der Waals surface area contributed by atoms with Gasteiger partial charge in [0.05, 0.1) is 14.2 Å². The fraction of sp³-hybridized carbons (Fsp3) is 0.286. The van der Waals surface area contributed by atoms with Gasteiger partial charge in [0.1, 0.15) is 9.77 Å². The van der Waals surface area contributed by atoms with Crippen LogP contribution in [0, 0.1) is 0 Å². The highest BCUT2D eigenvalue weighted by Gasteiger charge is 2.24. The normalized spacial score (nSPS) is 11.3. The van der Waals surface area contributed by atoms with E-state index < -0.39 is 16.1 Å². The summed E-state index contributed by atoms with van der Waals surface area (Å²) in [5.41, 5.74) is 0. The van der Waals surface area contributed by atoms with Gasteiger partial charge in [-0.15, -0.1) is 11.3 Å². The minimum absolute atomic E-state index is 0.0225. The molecule has 1 aromatic heterocycles. The number of methoxy groups -OCH3 is 1. The smallest absolute Gasteiger partial charge is 0.349 e. The first-order chi connectivity index (χ1) is 6.53. The number of rotatable bonds is 3. The Balaban J connectivity index is 3.25. The quantitative estimate of drug-likeness (QED) is 0.575. The topological polar surface area (TPSA) is 69.7 Å². The summed E-state index contributed by atoms with van der Waals surface area (Å²) in [6.07, 6.45) is 0. The highest BCUT2D eigenvalue weighted by atomic mass is 32.2. The van der Waals surface area contributed by atoms with Crippen LogP contribution < -0.4 is 0 Å². The molecule has 1 aromatic rings. The van der Waals surface area contributed by atoms with Crippen molar-refractivity contribution in [3.8, 4) is 0 Å². The van der Waals surface area contributed by atoms with Crippen LogP contribution in [0.4, 0.5) is 0 Å². The molecule has 0 aliphatic rings. The molecule has 0 atom stereocenters. The van der Waals surface area contributed by atoms with Gasteiger partial charge < -0.3 is 4.74 Å². The Morgan fingerprint density at radius 1 is 1.43 bits per heavy atom. The molecular formula is C7H8O5S2. The lowest BCUT2D eigenvalue weighted by Gasteiger charge is -2.01. The average molecular weight is 236 g/mol. The van der Waals surface area contributed by atoms with E-state index in [1.807, 2.05) is 0 Å². The first-order valence-electron chi connectivity index (χ1n) is 3.49. The van der Waals surface area contributed by atoms with Gasteiger partial charge in [-0.05, 0) is 11.4 Å². The molecule has 5 nitrogen and oxygen atoms in total. The van der Waals surface area contributed by atoms with Crippen LogP contribution in [-0.2, 0) is 19.0 Å². The van der Waals surface area contributed by atoms with Crippen LogP contribution in [0.5, 0.6) is 0 Å². The number of carbonyl (C=O) groups is 1. The lowest BCUT2D eigenvalue weighted by molar-refractivity contribution is 0.0602. The van der Waals surface area contributed by atoms with Gasteiger partial charge in [-0.25, -0.2) is 4.79 Å². The molecule has 0 aliphatic heterocycles. The molecule has 0 fully saturated rings. The lowest BCUT2D eigenvalue weighted by Crippen LogP contribution is -2.08. The summed E-state index contributed by atoms with van der Waals surface area (Å²) < 4.78 is 31.3. The summed E-state index contributed by atoms with van der Waals surface area (Å²) in [5, 5.41) is 1.48. The second kappa shape index (κ2) is 4.07. The predicted molar refractivity (Wildman–Crippen MR) is 49.9 cm³/mol. The van der Waals surface area contributed by atoms with E-state index >= 15 is 0 Å². The first-order valence-corrected chi connectivity index (χ1v) is 5.78. The average Bonchev–Trinajstić information content (AvgIpc) is 2.65. The zero-order valence-corrected chi connectivity index (χ0v) is 9.15. The SMILES string of the molecule is COC(=O)c1sccc1S(=O)(=O)OC. The molecule has 0 N–H and O–H groups in total. The van der Waals surface area contributed by atoms with Crippen molar-refractivity contribution in [1.82, 2.24) is 0 Å². The van der Waals surface area contributed by atoms with Gasteiger partial charge in [-0.3, -0.25) is 4.18 Å². The molecule has 0 aromatic carbocycles. The third-order valence-corrected chi connectivity index (χ3v) is 3.83. The predicted octanol–water partition coefficient (Wildman–Crippen LogP) is 0.870. The van der Waals surface area contributed by atoms with E-state index in [9.17, 15) is 13.2 Å². The van der Waals surface area contributed by atoms with Crippen LogP contribution in [0.3, 0.4) is 0 Å². The summed E-state index contributed by atoms with van der Waals surface area (Å²) in [7, 11) is -1.61. The molecule has 78 valence electrons. The van der Waals surface area contributed by atoms with Crippen LogP contribution in [-0.4, -0.2) is 28.6 Å². The molecule has 0 saturated heterocycles. The van der Waals surface area contributed by atoms with Gasteiger partial charge in [0, 0.05) is 0 Å². The fourth-order valence-electron chi connectivity index (χ4n) is 0.826. The number of hydrogen-bond donors (Lipinski definition) is 0. The first kappa shape index (κ1) is 11.2. The van der Waals surface area contributed by atoms with Crippen LogP contribution in [0.1, 0.15) is 9.67 Å². The molecule has 0 radical (unpaired) electrons. The Morgan fingerprint density at radius 2 is 2.07 bits per heavy atom. The van der Waals surface area contributed by atoms with Gasteiger partial charge in [0.2, 0.25) is 0 Å². The third-order valence-electron chi connectivity index (χ3n) is 1.49. The van der Waals surface area contributed by atoms with E-state index in [4.69, 9.17) is 0 Å². The minimum atomic E-state index is -3.83. The van der Waals surface area contributed by atoms with Crippen molar-refractivity contribution in [2.75, 3.05) is 14.2 Å². The molecule has 0 aliphatic carbocycles. The van der Waals surface area contributed by atoms with E-state index in [1.54, 1.807) is 0 Å². The minimum Gasteiger partial charge on any atom is -0.465 e. The van der Waals surface area contributed by atoms with Gasteiger partial charge in [0.25, 0.3) is 10.1 Å². The number of thiophene rings is 1. The highest BCUT2D eigenvalue weighted by molar-refractivity contribution is 7.87. The van der Waals surface area contributed by atoms with Crippen LogP contribution in [0.2, 0.25) is 0 Å². The number of hydrogen-bond acceptors (Lipinski definition) is 6. The summed E-state index contributed by atoms with van der Waals surface area (Å²) >= 11 is 0.991. The Labute approximate surface area is 85.4 Å². The largest absolute Gasteiger partial charge is 0.465 e. The molecule has 0 amide bonds. The third kappa shape index (κ3) is 1.94. The van der Waals surface area contributed by atoms with Crippen molar-refractivity contribution in [3.63, 3.8) is 0 Å². The molecule has 0 saturated carbocycles. The summed E-state index contributed by atoms with van der Waals surface area (Å²) in [6.45, 7) is 0.